The Morgan fingerprint density at radius 3 is 1.64 bits per heavy atom. The average molecular weight is 1190 g/mol. The molecule has 2 aliphatic carbocycles. The first-order valence-corrected chi connectivity index (χ1v) is 26.8. The molecule has 412 valence electrons. The molecule has 4 aromatic heterocycles. The van der Waals surface area contributed by atoms with Gasteiger partial charge in [-0.2, -0.15) is 17.6 Å². The molecule has 0 aliphatic heterocycles. The third-order valence-electron chi connectivity index (χ3n) is 12.3. The molecule has 2 saturated carbocycles. The molecule has 2 aliphatic rings. The molecule has 0 unspecified atom stereocenters. The number of rotatable bonds is 18. The molecule has 2 fully saturated rings. The van der Waals surface area contributed by atoms with Crippen molar-refractivity contribution in [3.8, 4) is 22.5 Å². The molecule has 0 spiro atoms. The molecule has 6 aromatic rings. The Kier molecular flexibility index (Phi) is 22.2. The van der Waals surface area contributed by atoms with Crippen LogP contribution in [0.15, 0.2) is 97.6 Å². The molecule has 25 heteroatoms. The van der Waals surface area contributed by atoms with E-state index < -0.39 is 53.9 Å². The Balaban J connectivity index is 0.000000226. The first-order chi connectivity index (χ1) is 36.8. The van der Waals surface area contributed by atoms with Crippen molar-refractivity contribution >= 4 is 107 Å². The number of aromatic amines is 2. The van der Waals surface area contributed by atoms with Crippen LogP contribution in [0.1, 0.15) is 51.4 Å². The Labute approximate surface area is 465 Å². The average Bonchev–Trinajstić information content (AvgIpc) is 4.04. The van der Waals surface area contributed by atoms with Gasteiger partial charge in [-0.3, -0.25) is 19.2 Å². The van der Waals surface area contributed by atoms with Gasteiger partial charge in [-0.25, -0.2) is 19.9 Å². The Morgan fingerprint density at radius 2 is 1.19 bits per heavy atom. The number of anilines is 2. The lowest BCUT2D eigenvalue weighted by Crippen LogP contribution is -2.52. The van der Waals surface area contributed by atoms with Crippen LogP contribution in [0.4, 0.5) is 29.5 Å². The summed E-state index contributed by atoms with van der Waals surface area (Å²) < 4.78 is 55.9. The summed E-state index contributed by atoms with van der Waals surface area (Å²) in [4.78, 5) is 71.7. The number of para-hydroxylation sites is 2. The molecular formula is C52H59BrCl3F4N13O4. The molecule has 0 bridgehead atoms. The Bertz CT molecular complexity index is 3030. The van der Waals surface area contributed by atoms with Gasteiger partial charge in [0.15, 0.2) is 0 Å². The van der Waals surface area contributed by atoms with E-state index in [1.54, 1.807) is 12.2 Å². The maximum Gasteiger partial charge on any atom is 0.341 e. The predicted molar refractivity (Wildman–Crippen MR) is 298 cm³/mol. The molecular weight excluding hydrogens is 1130 g/mol. The Hall–Kier alpha value is -6.17. The van der Waals surface area contributed by atoms with E-state index in [1.165, 1.54) is 24.5 Å². The summed E-state index contributed by atoms with van der Waals surface area (Å²) in [6.07, 6.45) is 17.6. The summed E-state index contributed by atoms with van der Waals surface area (Å²) in [5, 5.41) is 16.5. The molecule has 8 rings (SSSR count). The third-order valence-corrected chi connectivity index (χ3v) is 13.4. The van der Waals surface area contributed by atoms with E-state index in [0.717, 1.165) is 58.6 Å². The highest BCUT2D eigenvalue weighted by Gasteiger charge is 2.41. The number of alkyl halides is 5. The third kappa shape index (κ3) is 17.7. The second-order valence-electron chi connectivity index (χ2n) is 18.5. The van der Waals surface area contributed by atoms with Gasteiger partial charge in [-0.15, -0.1) is 0 Å². The number of aromatic nitrogens is 6. The van der Waals surface area contributed by atoms with E-state index in [0.29, 0.717) is 70.9 Å². The largest absolute Gasteiger partial charge is 0.360 e. The minimum atomic E-state index is -3.74. The van der Waals surface area contributed by atoms with E-state index in [9.17, 15) is 36.7 Å². The zero-order valence-corrected chi connectivity index (χ0v) is 45.9. The molecule has 17 nitrogen and oxygen atoms in total. The number of nitrogens with zero attached hydrogens (tertiary/aromatic N) is 5. The van der Waals surface area contributed by atoms with Crippen molar-refractivity contribution in [1.82, 2.24) is 50.8 Å². The number of allylic oxidation sites excluding steroid dienone is 2. The number of benzene rings is 2. The zero-order chi connectivity index (χ0) is 55.7. The van der Waals surface area contributed by atoms with Gasteiger partial charge in [0, 0.05) is 87.4 Å². The summed E-state index contributed by atoms with van der Waals surface area (Å²) >= 11 is 20.8. The highest BCUT2D eigenvalue weighted by Crippen LogP contribution is 2.35. The molecule has 4 heterocycles. The van der Waals surface area contributed by atoms with Crippen LogP contribution in [0.2, 0.25) is 10.0 Å². The quantitative estimate of drug-likeness (QED) is 0.0174. The van der Waals surface area contributed by atoms with Crippen LogP contribution >= 0.6 is 50.7 Å². The van der Waals surface area contributed by atoms with E-state index in [4.69, 9.17) is 40.5 Å². The van der Waals surface area contributed by atoms with Gasteiger partial charge in [-0.1, -0.05) is 87.7 Å². The summed E-state index contributed by atoms with van der Waals surface area (Å²) in [6.45, 7) is -1.59. The predicted octanol–water partition coefficient (Wildman–Crippen LogP) is 9.40. The maximum atomic E-state index is 14.4. The number of amides is 3. The number of hydrogen-bond acceptors (Lipinski definition) is 12. The fourth-order valence-corrected chi connectivity index (χ4v) is 9.24. The fraction of sp³-hybridized carbons (Fsp3) is 0.385. The van der Waals surface area contributed by atoms with Crippen molar-refractivity contribution in [3.05, 3.63) is 108 Å². The van der Waals surface area contributed by atoms with Crippen LogP contribution in [0.3, 0.4) is 0 Å². The highest BCUT2D eigenvalue weighted by atomic mass is 79.9. The van der Waals surface area contributed by atoms with E-state index in [1.807, 2.05) is 79.9 Å². The zero-order valence-electron chi connectivity index (χ0n) is 42.0. The van der Waals surface area contributed by atoms with Crippen LogP contribution in [-0.2, 0) is 19.2 Å². The maximum absolute atomic E-state index is 14.4. The summed E-state index contributed by atoms with van der Waals surface area (Å²) in [7, 11) is 3.63. The van der Waals surface area contributed by atoms with Crippen LogP contribution in [0.5, 0.6) is 0 Å². The number of carbonyl (C=O) groups is 4. The lowest BCUT2D eigenvalue weighted by molar-refractivity contribution is -0.146. The normalized spacial score (nSPS) is 17.8. The second kappa shape index (κ2) is 28.5. The fourth-order valence-electron chi connectivity index (χ4n) is 8.57. The van der Waals surface area contributed by atoms with Crippen molar-refractivity contribution in [1.29, 1.82) is 0 Å². The van der Waals surface area contributed by atoms with Crippen molar-refractivity contribution in [2.24, 2.45) is 5.73 Å². The van der Waals surface area contributed by atoms with E-state index in [-0.39, 0.29) is 18.1 Å². The van der Waals surface area contributed by atoms with Gasteiger partial charge in [0.05, 0.1) is 46.9 Å². The number of fused-ring (bicyclic) bond motifs is 2. The molecule has 0 saturated heterocycles. The number of nitrogens with one attached hydrogen (secondary N) is 7. The number of hydrogen-bond donors (Lipinski definition) is 8. The highest BCUT2D eigenvalue weighted by molar-refractivity contribution is 9.09. The smallest absolute Gasteiger partial charge is 0.341 e. The van der Waals surface area contributed by atoms with Gasteiger partial charge in [0.1, 0.15) is 0 Å². The number of nitrogens with two attached hydrogens (primary N) is 1. The molecule has 9 N–H and O–H groups in total. The summed E-state index contributed by atoms with van der Waals surface area (Å²) in [6, 6.07) is 14.6. The molecule has 77 heavy (non-hydrogen) atoms. The number of H-pyrrole nitrogens is 2. The van der Waals surface area contributed by atoms with Crippen molar-refractivity contribution in [2.75, 3.05) is 49.7 Å². The van der Waals surface area contributed by atoms with Crippen LogP contribution in [0, 0.1) is 0 Å². The van der Waals surface area contributed by atoms with Gasteiger partial charge in [0.25, 0.3) is 11.8 Å². The number of carbonyl (C=O) groups excluding carboxylic acids is 4. The van der Waals surface area contributed by atoms with Crippen LogP contribution < -0.4 is 32.3 Å². The standard InChI is InChI=1S/C27H32ClF2N7O2.C21H23ClF2N6O.C4H4BrClO/c1-37(2)12-6-11-23(38)33-16-27(29,30)25(39)34-17-7-5-8-18(13-17)35-26-32-15-21(28)24(36-26)20-14-31-22-10-4-3-9-19(20)22;22-16-10-27-20(30-18(16)15-9-26-17-7-2-1-6-14(15)17)29-13-5-3-4-12(8-13)28-19(31)21(23,24)11-25;5-3-1-2-4(6)7/h3-4,6,9-11,14-15,17-18,31H,5,7-8,12-13,16H2,1-2H3,(H,33,38)(H,34,39)(H,32,35,36);1-2,6-7,9-10,12-13,26H,3-5,8,11,25H2,(H,28,31)(H,27,29,30);1-2H,3H2/b11-6+;;2-1+/t17-,18+;12-,13+;/m00./s1. The number of halogens is 8. The van der Waals surface area contributed by atoms with E-state index in [2.05, 4.69) is 72.4 Å². The Morgan fingerprint density at radius 1 is 0.727 bits per heavy atom. The lowest BCUT2D eigenvalue weighted by atomic mass is 9.91. The molecule has 4 atom stereocenters. The first-order valence-electron chi connectivity index (χ1n) is 24.6. The summed E-state index contributed by atoms with van der Waals surface area (Å²) in [5.41, 5.74) is 9.80. The SMILES string of the molecule is CN(C)C/C=C/C(=O)NCC(F)(F)C(=O)N[C@H]1CCC[C@@H](Nc2ncc(Cl)c(-c3c[nH]c4ccccc34)n2)C1.NCC(F)(F)C(=O)N[C@H]1CCC[C@@H](Nc2ncc(Cl)c(-c3c[nH]c4ccccc34)n2)C1.O=C(Cl)/C=C/CBr. The number of likely N-dealkylation sites (N-methyl/N-ethyl adjacent to an activating group) is 1. The topological polar surface area (TPSA) is 241 Å². The monoisotopic (exact) mass is 1190 g/mol. The minimum absolute atomic E-state index is 0.0671. The van der Waals surface area contributed by atoms with Crippen LogP contribution in [0.25, 0.3) is 44.3 Å². The summed E-state index contributed by atoms with van der Waals surface area (Å²) in [5.74, 6) is -9.95. The van der Waals surface area contributed by atoms with Crippen molar-refractivity contribution in [2.45, 2.75) is 87.4 Å². The second-order valence-corrected chi connectivity index (χ2v) is 20.3. The van der Waals surface area contributed by atoms with Gasteiger partial charge >= 0.3 is 11.8 Å². The van der Waals surface area contributed by atoms with Gasteiger partial charge < -0.3 is 47.2 Å². The van der Waals surface area contributed by atoms with Gasteiger partial charge in [0.2, 0.25) is 23.0 Å². The van der Waals surface area contributed by atoms with E-state index >= 15 is 0 Å². The van der Waals surface area contributed by atoms with Crippen molar-refractivity contribution in [3.63, 3.8) is 0 Å². The lowest BCUT2D eigenvalue weighted by Gasteiger charge is -2.31. The molecule has 2 aromatic carbocycles. The first kappa shape index (κ1) is 60.1. The van der Waals surface area contributed by atoms with Gasteiger partial charge in [-0.05, 0) is 95.3 Å². The van der Waals surface area contributed by atoms with Crippen molar-refractivity contribution < 1.29 is 36.7 Å². The van der Waals surface area contributed by atoms with Crippen LogP contribution in [-0.4, -0.2) is 133 Å². The molecule has 0 radical (unpaired) electrons. The molecule has 3 amide bonds. The minimum Gasteiger partial charge on any atom is -0.360 e.